The highest BCUT2D eigenvalue weighted by atomic mass is 35.5. The molecule has 0 fully saturated rings. The van der Waals surface area contributed by atoms with Gasteiger partial charge in [0.1, 0.15) is 0 Å². The van der Waals surface area contributed by atoms with Gasteiger partial charge in [0, 0.05) is 10.9 Å². The van der Waals surface area contributed by atoms with Crippen molar-refractivity contribution in [2.45, 2.75) is 13.8 Å². The lowest BCUT2D eigenvalue weighted by Crippen LogP contribution is -1.95. The van der Waals surface area contributed by atoms with E-state index in [-0.39, 0.29) is 11.2 Å². The SMILES string of the molecule is CC(C)C(=O)Cl.Clc1ccc(-c2ccccc2)cc1. The van der Waals surface area contributed by atoms with Gasteiger partial charge in [-0.3, -0.25) is 4.79 Å². The van der Waals surface area contributed by atoms with Gasteiger partial charge >= 0.3 is 0 Å². The predicted molar refractivity (Wildman–Crippen MR) is 82.6 cm³/mol. The van der Waals surface area contributed by atoms with Crippen LogP contribution in [-0.4, -0.2) is 5.24 Å². The van der Waals surface area contributed by atoms with Crippen molar-refractivity contribution in [2.24, 2.45) is 5.92 Å². The number of hydrogen-bond donors (Lipinski definition) is 0. The van der Waals surface area contributed by atoms with E-state index in [4.69, 9.17) is 23.2 Å². The monoisotopic (exact) mass is 294 g/mol. The summed E-state index contributed by atoms with van der Waals surface area (Å²) in [6.45, 7) is 3.52. The van der Waals surface area contributed by atoms with Gasteiger partial charge in [0.2, 0.25) is 5.24 Å². The summed E-state index contributed by atoms with van der Waals surface area (Å²) < 4.78 is 0. The zero-order valence-corrected chi connectivity index (χ0v) is 12.4. The maximum Gasteiger partial charge on any atom is 0.224 e. The summed E-state index contributed by atoms with van der Waals surface area (Å²) in [5.41, 5.74) is 2.42. The standard InChI is InChI=1S/C12H9Cl.C4H7ClO/c13-12-8-6-11(7-9-12)10-4-2-1-3-5-10;1-3(2)4(5)6/h1-9H;3H,1-2H3. The third-order valence-electron chi connectivity index (χ3n) is 2.41. The molecule has 0 radical (unpaired) electrons. The van der Waals surface area contributed by atoms with Crippen molar-refractivity contribution in [2.75, 3.05) is 0 Å². The van der Waals surface area contributed by atoms with Crippen LogP contribution in [0.25, 0.3) is 11.1 Å². The van der Waals surface area contributed by atoms with Crippen LogP contribution < -0.4 is 0 Å². The minimum atomic E-state index is -0.269. The molecule has 0 amide bonds. The first-order valence-electron chi connectivity index (χ1n) is 6.01. The fraction of sp³-hybridized carbons (Fsp3) is 0.188. The Morgan fingerprint density at radius 3 is 1.74 bits per heavy atom. The molecule has 0 N–H and O–H groups in total. The molecule has 3 heteroatoms. The third kappa shape index (κ3) is 5.91. The van der Waals surface area contributed by atoms with Gasteiger partial charge in [0.25, 0.3) is 0 Å². The fourth-order valence-corrected chi connectivity index (χ4v) is 1.40. The molecule has 2 aromatic rings. The highest BCUT2D eigenvalue weighted by Crippen LogP contribution is 2.20. The van der Waals surface area contributed by atoms with Gasteiger partial charge in [-0.25, -0.2) is 0 Å². The van der Waals surface area contributed by atoms with Crippen molar-refractivity contribution in [1.82, 2.24) is 0 Å². The predicted octanol–water partition coefficient (Wildman–Crippen LogP) is 5.41. The average Bonchev–Trinajstić information content (AvgIpc) is 2.41. The van der Waals surface area contributed by atoms with E-state index in [1.165, 1.54) is 11.1 Å². The molecule has 0 aliphatic carbocycles. The van der Waals surface area contributed by atoms with Gasteiger partial charge in [0.05, 0.1) is 0 Å². The second-order valence-corrected chi connectivity index (χ2v) is 5.14. The minimum absolute atomic E-state index is 0.0216. The van der Waals surface area contributed by atoms with Gasteiger partial charge in [-0.1, -0.05) is 67.9 Å². The molecular weight excluding hydrogens is 279 g/mol. The zero-order chi connectivity index (χ0) is 14.3. The second kappa shape index (κ2) is 7.98. The van der Waals surface area contributed by atoms with Crippen molar-refractivity contribution in [3.63, 3.8) is 0 Å². The largest absolute Gasteiger partial charge is 0.281 e. The smallest absolute Gasteiger partial charge is 0.224 e. The van der Waals surface area contributed by atoms with Crippen LogP contribution in [0.2, 0.25) is 5.02 Å². The number of halogens is 2. The lowest BCUT2D eigenvalue weighted by atomic mass is 10.1. The van der Waals surface area contributed by atoms with Crippen LogP contribution in [0.5, 0.6) is 0 Å². The molecule has 2 rings (SSSR count). The van der Waals surface area contributed by atoms with E-state index in [1.54, 1.807) is 13.8 Å². The Kier molecular flexibility index (Phi) is 6.61. The fourth-order valence-electron chi connectivity index (χ4n) is 1.27. The molecule has 2 aromatic carbocycles. The van der Waals surface area contributed by atoms with Gasteiger partial charge in [-0.2, -0.15) is 0 Å². The maximum atomic E-state index is 9.91. The summed E-state index contributed by atoms with van der Waals surface area (Å²) in [5.74, 6) is -0.0216. The lowest BCUT2D eigenvalue weighted by Gasteiger charge is -2.00. The quantitative estimate of drug-likeness (QED) is 0.676. The van der Waals surface area contributed by atoms with Crippen LogP contribution in [0.4, 0.5) is 0 Å². The Morgan fingerprint density at radius 1 is 0.895 bits per heavy atom. The van der Waals surface area contributed by atoms with E-state index in [0.29, 0.717) is 0 Å². The summed E-state index contributed by atoms with van der Waals surface area (Å²) in [4.78, 5) is 9.91. The molecule has 0 atom stereocenters. The van der Waals surface area contributed by atoms with Gasteiger partial charge in [-0.05, 0) is 34.9 Å². The Morgan fingerprint density at radius 2 is 1.32 bits per heavy atom. The summed E-state index contributed by atoms with van der Waals surface area (Å²) in [6.07, 6.45) is 0. The molecule has 19 heavy (non-hydrogen) atoms. The van der Waals surface area contributed by atoms with E-state index in [1.807, 2.05) is 42.5 Å². The number of carbonyl (C=O) groups excluding carboxylic acids is 1. The van der Waals surface area contributed by atoms with Crippen LogP contribution in [0, 0.1) is 5.92 Å². The van der Waals surface area contributed by atoms with Gasteiger partial charge < -0.3 is 0 Å². The molecule has 0 saturated heterocycles. The molecule has 100 valence electrons. The van der Waals surface area contributed by atoms with E-state index in [2.05, 4.69) is 12.1 Å². The lowest BCUT2D eigenvalue weighted by molar-refractivity contribution is -0.114. The summed E-state index contributed by atoms with van der Waals surface area (Å²) >= 11 is 10.8. The molecule has 0 aliphatic heterocycles. The van der Waals surface area contributed by atoms with Gasteiger partial charge in [0.15, 0.2) is 0 Å². The molecule has 0 aliphatic rings. The zero-order valence-electron chi connectivity index (χ0n) is 10.9. The molecule has 0 saturated carbocycles. The highest BCUT2D eigenvalue weighted by molar-refractivity contribution is 6.63. The van der Waals surface area contributed by atoms with Crippen LogP contribution in [0.3, 0.4) is 0 Å². The third-order valence-corrected chi connectivity index (χ3v) is 3.09. The topological polar surface area (TPSA) is 17.1 Å². The first-order chi connectivity index (χ1) is 9.00. The molecule has 0 spiro atoms. The Labute approximate surface area is 124 Å². The van der Waals surface area contributed by atoms with Crippen molar-refractivity contribution >= 4 is 28.4 Å². The van der Waals surface area contributed by atoms with E-state index in [0.717, 1.165) is 5.02 Å². The van der Waals surface area contributed by atoms with Crippen molar-refractivity contribution in [3.05, 3.63) is 59.6 Å². The Balaban J connectivity index is 0.000000258. The van der Waals surface area contributed by atoms with E-state index >= 15 is 0 Å². The molecule has 0 heterocycles. The van der Waals surface area contributed by atoms with Crippen molar-refractivity contribution in [1.29, 1.82) is 0 Å². The first-order valence-corrected chi connectivity index (χ1v) is 6.76. The summed E-state index contributed by atoms with van der Waals surface area (Å²) in [7, 11) is 0. The van der Waals surface area contributed by atoms with Crippen LogP contribution in [0.1, 0.15) is 13.8 Å². The van der Waals surface area contributed by atoms with Crippen LogP contribution in [-0.2, 0) is 4.79 Å². The van der Waals surface area contributed by atoms with Crippen molar-refractivity contribution < 1.29 is 4.79 Å². The number of rotatable bonds is 2. The molecule has 1 nitrogen and oxygen atoms in total. The van der Waals surface area contributed by atoms with Crippen LogP contribution in [0.15, 0.2) is 54.6 Å². The summed E-state index contributed by atoms with van der Waals surface area (Å²) in [6, 6.07) is 18.1. The number of benzene rings is 2. The minimum Gasteiger partial charge on any atom is -0.281 e. The van der Waals surface area contributed by atoms with Gasteiger partial charge in [-0.15, -0.1) is 0 Å². The Bertz CT molecular complexity index is 504. The molecule has 0 bridgehead atoms. The van der Waals surface area contributed by atoms with Crippen molar-refractivity contribution in [3.8, 4) is 11.1 Å². The highest BCUT2D eigenvalue weighted by Gasteiger charge is 1.98. The summed E-state index contributed by atoms with van der Waals surface area (Å²) in [5, 5.41) is 0.509. The first kappa shape index (κ1) is 15.7. The number of carbonyl (C=O) groups is 1. The van der Waals surface area contributed by atoms with Crippen LogP contribution >= 0.6 is 23.2 Å². The number of hydrogen-bond acceptors (Lipinski definition) is 1. The maximum absolute atomic E-state index is 9.91. The second-order valence-electron chi connectivity index (χ2n) is 4.33. The molecule has 0 aromatic heterocycles. The van der Waals surface area contributed by atoms with E-state index in [9.17, 15) is 4.79 Å². The molecule has 0 unspecified atom stereocenters. The average molecular weight is 295 g/mol. The Hall–Kier alpha value is -1.31. The molecular formula is C16H16Cl2O. The normalized spacial score (nSPS) is 9.74. The van der Waals surface area contributed by atoms with E-state index < -0.39 is 0 Å².